The summed E-state index contributed by atoms with van der Waals surface area (Å²) in [6.07, 6.45) is 5.17. The number of allylic oxidation sites excluding steroid dienone is 1. The van der Waals surface area contributed by atoms with E-state index in [0.717, 1.165) is 12.2 Å². The first-order valence-corrected chi connectivity index (χ1v) is 6.27. The molecule has 1 fully saturated rings. The van der Waals surface area contributed by atoms with E-state index in [1.54, 1.807) is 6.92 Å². The van der Waals surface area contributed by atoms with Gasteiger partial charge in [-0.15, -0.1) is 0 Å². The van der Waals surface area contributed by atoms with Crippen LogP contribution in [0.3, 0.4) is 0 Å². The van der Waals surface area contributed by atoms with E-state index in [-0.39, 0.29) is 0 Å². The van der Waals surface area contributed by atoms with Gasteiger partial charge >= 0.3 is 5.97 Å². The minimum absolute atomic E-state index is 0.310. The molecule has 0 bridgehead atoms. The molecule has 0 aromatic rings. The number of hydrazine groups is 1. The summed E-state index contributed by atoms with van der Waals surface area (Å²) in [4.78, 5) is 11.5. The fourth-order valence-corrected chi connectivity index (χ4v) is 2.12. The quantitative estimate of drug-likeness (QED) is 0.280. The van der Waals surface area contributed by atoms with Crippen molar-refractivity contribution in [3.8, 4) is 0 Å². The Morgan fingerprint density at radius 3 is 2.59 bits per heavy atom. The molecule has 4 N–H and O–H groups in total. The van der Waals surface area contributed by atoms with Gasteiger partial charge in [-0.3, -0.25) is 5.84 Å². The zero-order valence-electron chi connectivity index (χ0n) is 10.7. The van der Waals surface area contributed by atoms with Crippen LogP contribution in [0, 0.1) is 5.92 Å². The SMILES string of the molecule is CCOC(=O)/C(NN)=C(\C)NCC1CCCC1. The molecule has 1 aliphatic rings. The van der Waals surface area contributed by atoms with Crippen molar-refractivity contribution in [1.82, 2.24) is 10.7 Å². The summed E-state index contributed by atoms with van der Waals surface area (Å²) in [5.74, 6) is 5.64. The summed E-state index contributed by atoms with van der Waals surface area (Å²) in [6, 6.07) is 0. The van der Waals surface area contributed by atoms with E-state index in [1.807, 2.05) is 6.92 Å². The highest BCUT2D eigenvalue weighted by Gasteiger charge is 2.17. The molecule has 17 heavy (non-hydrogen) atoms. The summed E-state index contributed by atoms with van der Waals surface area (Å²) in [7, 11) is 0. The maximum Gasteiger partial charge on any atom is 0.357 e. The smallest absolute Gasteiger partial charge is 0.357 e. The predicted molar refractivity (Wildman–Crippen MR) is 66.6 cm³/mol. The van der Waals surface area contributed by atoms with Gasteiger partial charge in [0, 0.05) is 12.2 Å². The Morgan fingerprint density at radius 2 is 2.06 bits per heavy atom. The van der Waals surface area contributed by atoms with E-state index in [9.17, 15) is 4.79 Å². The molecule has 0 saturated heterocycles. The lowest BCUT2D eigenvalue weighted by Gasteiger charge is -2.15. The second-order valence-electron chi connectivity index (χ2n) is 4.40. The topological polar surface area (TPSA) is 76.4 Å². The summed E-state index contributed by atoms with van der Waals surface area (Å²) in [5.41, 5.74) is 3.46. The Bertz CT molecular complexity index is 283. The lowest BCUT2D eigenvalue weighted by atomic mass is 10.1. The molecule has 1 rings (SSSR count). The molecule has 0 aliphatic heterocycles. The van der Waals surface area contributed by atoms with Crippen molar-refractivity contribution in [2.24, 2.45) is 11.8 Å². The average molecular weight is 241 g/mol. The molecule has 1 aliphatic carbocycles. The van der Waals surface area contributed by atoms with Gasteiger partial charge in [-0.2, -0.15) is 0 Å². The molecular formula is C12H23N3O2. The predicted octanol–water partition coefficient (Wildman–Crippen LogP) is 1.02. The minimum Gasteiger partial charge on any atom is -0.461 e. The lowest BCUT2D eigenvalue weighted by Crippen LogP contribution is -2.33. The van der Waals surface area contributed by atoms with Gasteiger partial charge in [0.05, 0.1) is 6.61 Å². The molecule has 0 spiro atoms. The van der Waals surface area contributed by atoms with Crippen LogP contribution in [0.2, 0.25) is 0 Å². The molecule has 0 aromatic carbocycles. The number of hydrogen-bond acceptors (Lipinski definition) is 5. The number of nitrogens with one attached hydrogen (secondary N) is 2. The van der Waals surface area contributed by atoms with Gasteiger partial charge in [-0.25, -0.2) is 4.79 Å². The van der Waals surface area contributed by atoms with Crippen LogP contribution >= 0.6 is 0 Å². The summed E-state index contributed by atoms with van der Waals surface area (Å²) < 4.78 is 4.91. The second-order valence-corrected chi connectivity index (χ2v) is 4.40. The van der Waals surface area contributed by atoms with Gasteiger partial charge in [-0.05, 0) is 32.6 Å². The van der Waals surface area contributed by atoms with Gasteiger partial charge in [0.2, 0.25) is 0 Å². The van der Waals surface area contributed by atoms with E-state index in [0.29, 0.717) is 18.2 Å². The third-order valence-corrected chi connectivity index (χ3v) is 3.13. The number of ether oxygens (including phenoxy) is 1. The number of nitrogens with two attached hydrogens (primary N) is 1. The van der Waals surface area contributed by atoms with Crippen LogP contribution in [0.25, 0.3) is 0 Å². The molecule has 0 atom stereocenters. The first kappa shape index (κ1) is 13.8. The maximum absolute atomic E-state index is 11.5. The van der Waals surface area contributed by atoms with E-state index in [1.165, 1.54) is 25.7 Å². The van der Waals surface area contributed by atoms with Gasteiger partial charge in [0.1, 0.15) is 0 Å². The highest BCUT2D eigenvalue weighted by molar-refractivity contribution is 5.88. The largest absolute Gasteiger partial charge is 0.461 e. The van der Waals surface area contributed by atoms with Crippen LogP contribution in [-0.2, 0) is 9.53 Å². The Morgan fingerprint density at radius 1 is 1.41 bits per heavy atom. The zero-order valence-corrected chi connectivity index (χ0v) is 10.7. The van der Waals surface area contributed by atoms with Gasteiger partial charge in [0.15, 0.2) is 5.70 Å². The summed E-state index contributed by atoms with van der Waals surface area (Å²) in [6.45, 7) is 4.85. The minimum atomic E-state index is -0.411. The van der Waals surface area contributed by atoms with Crippen molar-refractivity contribution in [2.45, 2.75) is 39.5 Å². The van der Waals surface area contributed by atoms with Crippen LogP contribution in [0.5, 0.6) is 0 Å². The molecule has 0 amide bonds. The fourth-order valence-electron chi connectivity index (χ4n) is 2.12. The molecule has 1 saturated carbocycles. The number of hydrogen-bond donors (Lipinski definition) is 3. The Kier molecular flexibility index (Phi) is 5.83. The summed E-state index contributed by atoms with van der Waals surface area (Å²) >= 11 is 0. The van der Waals surface area contributed by atoms with Crippen molar-refractivity contribution < 1.29 is 9.53 Å². The highest BCUT2D eigenvalue weighted by atomic mass is 16.5. The molecule has 98 valence electrons. The third kappa shape index (κ3) is 4.26. The van der Waals surface area contributed by atoms with E-state index in [2.05, 4.69) is 10.7 Å². The second kappa shape index (κ2) is 7.17. The van der Waals surface area contributed by atoms with Crippen molar-refractivity contribution in [1.29, 1.82) is 0 Å². The average Bonchev–Trinajstić information content (AvgIpc) is 2.80. The third-order valence-electron chi connectivity index (χ3n) is 3.13. The number of rotatable bonds is 6. The van der Waals surface area contributed by atoms with Crippen molar-refractivity contribution >= 4 is 5.97 Å². The zero-order chi connectivity index (χ0) is 12.7. The van der Waals surface area contributed by atoms with Crippen molar-refractivity contribution in [3.05, 3.63) is 11.4 Å². The Labute approximate surface area is 103 Å². The number of carbonyl (C=O) groups excluding carboxylic acids is 1. The van der Waals surface area contributed by atoms with Crippen LogP contribution in [-0.4, -0.2) is 19.1 Å². The molecular weight excluding hydrogens is 218 g/mol. The van der Waals surface area contributed by atoms with Gasteiger partial charge < -0.3 is 15.5 Å². The first-order chi connectivity index (χ1) is 8.19. The van der Waals surface area contributed by atoms with E-state index >= 15 is 0 Å². The summed E-state index contributed by atoms with van der Waals surface area (Å²) in [5, 5.41) is 3.25. The van der Waals surface area contributed by atoms with Gasteiger partial charge in [0.25, 0.3) is 0 Å². The Balaban J connectivity index is 2.49. The number of carbonyl (C=O) groups is 1. The van der Waals surface area contributed by atoms with Crippen LogP contribution < -0.4 is 16.6 Å². The maximum atomic E-state index is 11.5. The lowest BCUT2D eigenvalue weighted by molar-refractivity contribution is -0.139. The van der Waals surface area contributed by atoms with Crippen LogP contribution in [0.4, 0.5) is 0 Å². The van der Waals surface area contributed by atoms with Gasteiger partial charge in [-0.1, -0.05) is 12.8 Å². The molecule has 0 heterocycles. The first-order valence-electron chi connectivity index (χ1n) is 6.27. The number of esters is 1. The normalized spacial score (nSPS) is 17.6. The molecule has 0 aromatic heterocycles. The molecule has 0 radical (unpaired) electrons. The monoisotopic (exact) mass is 241 g/mol. The van der Waals surface area contributed by atoms with E-state index in [4.69, 9.17) is 10.6 Å². The van der Waals surface area contributed by atoms with Crippen molar-refractivity contribution in [2.75, 3.05) is 13.2 Å². The molecule has 5 heteroatoms. The van der Waals surface area contributed by atoms with E-state index < -0.39 is 5.97 Å². The Hall–Kier alpha value is -1.23. The highest BCUT2D eigenvalue weighted by Crippen LogP contribution is 2.23. The fraction of sp³-hybridized carbons (Fsp3) is 0.750. The molecule has 0 unspecified atom stereocenters. The van der Waals surface area contributed by atoms with Crippen LogP contribution in [0.1, 0.15) is 39.5 Å². The van der Waals surface area contributed by atoms with Crippen LogP contribution in [0.15, 0.2) is 11.4 Å². The standard InChI is InChI=1S/C12H23N3O2/c1-3-17-12(16)11(15-13)9(2)14-8-10-6-4-5-7-10/h10,14-15H,3-8,13H2,1-2H3/b11-9-. The van der Waals surface area contributed by atoms with Crippen molar-refractivity contribution in [3.63, 3.8) is 0 Å². The molecule has 5 nitrogen and oxygen atoms in total.